The maximum absolute atomic E-state index is 11.4. The summed E-state index contributed by atoms with van der Waals surface area (Å²) >= 11 is 0. The van der Waals surface area contributed by atoms with Crippen molar-refractivity contribution in [3.05, 3.63) is 23.3 Å². The van der Waals surface area contributed by atoms with E-state index in [1.54, 1.807) is 5.57 Å². The van der Waals surface area contributed by atoms with Gasteiger partial charge in [0.15, 0.2) is 5.79 Å². The smallest absolute Gasteiger partial charge is 0.302 e. The minimum Gasteiger partial charge on any atom is -0.462 e. The van der Waals surface area contributed by atoms with Gasteiger partial charge in [0.1, 0.15) is 6.10 Å². The van der Waals surface area contributed by atoms with Gasteiger partial charge in [-0.2, -0.15) is 0 Å². The molecule has 4 aliphatic carbocycles. The normalized spacial score (nSPS) is 45.5. The van der Waals surface area contributed by atoms with Crippen LogP contribution in [0.3, 0.4) is 0 Å². The van der Waals surface area contributed by atoms with Crippen molar-refractivity contribution in [2.45, 2.75) is 84.5 Å². The molecule has 3 fully saturated rings. The van der Waals surface area contributed by atoms with Crippen LogP contribution in [0.4, 0.5) is 0 Å². The highest BCUT2D eigenvalue weighted by atomic mass is 16.7. The Bertz CT molecular complexity index is 761. The predicted octanol–water partition coefficient (Wildman–Crippen LogP) is 5.18. The van der Waals surface area contributed by atoms with E-state index in [4.69, 9.17) is 14.2 Å². The topological polar surface area (TPSA) is 44.8 Å². The highest BCUT2D eigenvalue weighted by Crippen LogP contribution is 2.66. The average molecular weight is 401 g/mol. The van der Waals surface area contributed by atoms with Crippen molar-refractivity contribution in [1.82, 2.24) is 0 Å². The van der Waals surface area contributed by atoms with E-state index in [1.807, 2.05) is 0 Å². The summed E-state index contributed by atoms with van der Waals surface area (Å²) in [4.78, 5) is 11.4. The molecule has 0 aromatic heterocycles. The van der Waals surface area contributed by atoms with Crippen LogP contribution in [0.15, 0.2) is 23.3 Å². The Balaban J connectivity index is 1.39. The molecule has 0 amide bonds. The first-order chi connectivity index (χ1) is 13.8. The van der Waals surface area contributed by atoms with Crippen LogP contribution in [-0.2, 0) is 19.0 Å². The Kier molecular flexibility index (Phi) is 4.57. The minimum atomic E-state index is -0.516. The van der Waals surface area contributed by atoms with Gasteiger partial charge in [0.05, 0.1) is 13.2 Å². The molecule has 2 saturated carbocycles. The summed E-state index contributed by atoms with van der Waals surface area (Å²) in [6.07, 6.45) is 13.0. The molecule has 160 valence electrons. The fourth-order valence-corrected chi connectivity index (χ4v) is 7.90. The van der Waals surface area contributed by atoms with Crippen LogP contribution in [-0.4, -0.2) is 31.1 Å². The van der Waals surface area contributed by atoms with Crippen molar-refractivity contribution >= 4 is 5.97 Å². The quantitative estimate of drug-likeness (QED) is 0.473. The second-order valence-corrected chi connectivity index (χ2v) is 10.7. The number of rotatable bonds is 2. The summed E-state index contributed by atoms with van der Waals surface area (Å²) in [5, 5.41) is 0. The lowest BCUT2D eigenvalue weighted by atomic mass is 9.47. The van der Waals surface area contributed by atoms with Crippen molar-refractivity contribution in [3.63, 3.8) is 0 Å². The van der Waals surface area contributed by atoms with E-state index in [0.29, 0.717) is 19.1 Å². The second kappa shape index (κ2) is 6.68. The summed E-state index contributed by atoms with van der Waals surface area (Å²) < 4.78 is 17.7. The first-order valence-corrected chi connectivity index (χ1v) is 11.6. The highest BCUT2D eigenvalue weighted by Gasteiger charge is 2.59. The van der Waals surface area contributed by atoms with Crippen molar-refractivity contribution in [3.8, 4) is 0 Å². The van der Waals surface area contributed by atoms with Gasteiger partial charge in [-0.05, 0) is 79.6 Å². The maximum Gasteiger partial charge on any atom is 0.302 e. The lowest BCUT2D eigenvalue weighted by molar-refractivity contribution is -0.149. The number of carbonyl (C=O) groups excluding carboxylic acids is 1. The van der Waals surface area contributed by atoms with Crippen molar-refractivity contribution in [2.24, 2.45) is 28.6 Å². The number of hydrogen-bond acceptors (Lipinski definition) is 4. The van der Waals surface area contributed by atoms with E-state index >= 15 is 0 Å². The zero-order valence-electron chi connectivity index (χ0n) is 18.5. The van der Waals surface area contributed by atoms with Gasteiger partial charge in [-0.3, -0.25) is 4.79 Å². The monoisotopic (exact) mass is 400 g/mol. The maximum atomic E-state index is 11.4. The van der Waals surface area contributed by atoms with Crippen LogP contribution >= 0.6 is 0 Å². The molecule has 0 spiro atoms. The number of ether oxygens (including phenoxy) is 3. The largest absolute Gasteiger partial charge is 0.462 e. The molecule has 0 N–H and O–H groups in total. The molecular formula is C25H36O4. The summed E-state index contributed by atoms with van der Waals surface area (Å²) in [6.45, 7) is 10.0. The van der Waals surface area contributed by atoms with Crippen LogP contribution in [0.1, 0.15) is 72.6 Å². The molecule has 1 heterocycles. The minimum absolute atomic E-state index is 0.0774. The zero-order valence-corrected chi connectivity index (χ0v) is 18.5. The Labute approximate surface area is 175 Å². The third-order valence-electron chi connectivity index (χ3n) is 9.30. The number of allylic oxidation sites excluding steroid dienone is 2. The molecule has 5 rings (SSSR count). The number of hydrogen-bond donors (Lipinski definition) is 0. The van der Waals surface area contributed by atoms with E-state index in [0.717, 1.165) is 37.5 Å². The lowest BCUT2D eigenvalue weighted by Gasteiger charge is -2.58. The molecule has 1 saturated heterocycles. The molecule has 0 aromatic rings. The van der Waals surface area contributed by atoms with Gasteiger partial charge in [0.25, 0.3) is 0 Å². The third-order valence-corrected chi connectivity index (χ3v) is 9.30. The van der Waals surface area contributed by atoms with E-state index in [-0.39, 0.29) is 22.9 Å². The van der Waals surface area contributed by atoms with Gasteiger partial charge >= 0.3 is 5.97 Å². The highest BCUT2D eigenvalue weighted by molar-refractivity contribution is 5.66. The Hall–Kier alpha value is -1.13. The molecule has 0 bridgehead atoms. The number of carbonyl (C=O) groups is 1. The Morgan fingerprint density at radius 3 is 2.45 bits per heavy atom. The summed E-state index contributed by atoms with van der Waals surface area (Å²) in [6, 6.07) is 0. The van der Waals surface area contributed by atoms with Crippen molar-refractivity contribution < 1.29 is 19.0 Å². The van der Waals surface area contributed by atoms with Crippen LogP contribution in [0.5, 0.6) is 0 Å². The Morgan fingerprint density at radius 2 is 1.72 bits per heavy atom. The lowest BCUT2D eigenvalue weighted by Crippen LogP contribution is -2.51. The number of fused-ring (bicyclic) bond motifs is 5. The van der Waals surface area contributed by atoms with Gasteiger partial charge in [-0.25, -0.2) is 0 Å². The third kappa shape index (κ3) is 2.89. The standard InChI is InChI=1S/C25H36O4/c1-16(26)29-18-9-11-23(2)17(15-18)5-6-19-20-7-8-22(25(4)27-13-14-28-25)24(20,3)12-10-21(19)23/h5,8,18-21H,6-7,9-15H2,1-4H3/t18-,19-,20-,21-,23-,24-/m0/s1. The van der Waals surface area contributed by atoms with E-state index in [9.17, 15) is 4.79 Å². The molecule has 4 nitrogen and oxygen atoms in total. The van der Waals surface area contributed by atoms with Gasteiger partial charge in [0.2, 0.25) is 0 Å². The van der Waals surface area contributed by atoms with Crippen molar-refractivity contribution in [1.29, 1.82) is 0 Å². The average Bonchev–Trinajstić information content (AvgIpc) is 3.25. The zero-order chi connectivity index (χ0) is 20.4. The van der Waals surface area contributed by atoms with Crippen LogP contribution < -0.4 is 0 Å². The van der Waals surface area contributed by atoms with Gasteiger partial charge in [-0.15, -0.1) is 0 Å². The summed E-state index contributed by atoms with van der Waals surface area (Å²) in [5.41, 5.74) is 3.43. The molecule has 4 heteroatoms. The second-order valence-electron chi connectivity index (χ2n) is 10.7. The van der Waals surface area contributed by atoms with Crippen molar-refractivity contribution in [2.75, 3.05) is 13.2 Å². The van der Waals surface area contributed by atoms with Crippen LogP contribution in [0, 0.1) is 28.6 Å². The SMILES string of the molecule is CC(=O)O[C@H]1CC[C@@]2(C)C(=CC[C@@H]3[C@@H]2CC[C@]2(C)C(C4(C)OCCO4)=CC[C@@H]32)C1. The van der Waals surface area contributed by atoms with Crippen LogP contribution in [0.25, 0.3) is 0 Å². The first-order valence-electron chi connectivity index (χ1n) is 11.6. The first kappa shape index (κ1) is 19.8. The van der Waals surface area contributed by atoms with Gasteiger partial charge in [0, 0.05) is 13.3 Å². The van der Waals surface area contributed by atoms with Gasteiger partial charge < -0.3 is 14.2 Å². The summed E-state index contributed by atoms with van der Waals surface area (Å²) in [7, 11) is 0. The molecule has 0 radical (unpaired) electrons. The molecule has 1 aliphatic heterocycles. The van der Waals surface area contributed by atoms with E-state index < -0.39 is 5.79 Å². The molecule has 5 aliphatic rings. The molecule has 0 unspecified atom stereocenters. The van der Waals surface area contributed by atoms with E-state index in [1.165, 1.54) is 31.8 Å². The molecule has 0 aromatic carbocycles. The number of esters is 1. The predicted molar refractivity (Wildman–Crippen MR) is 111 cm³/mol. The fraction of sp³-hybridized carbons (Fsp3) is 0.800. The van der Waals surface area contributed by atoms with Crippen LogP contribution in [0.2, 0.25) is 0 Å². The summed E-state index contributed by atoms with van der Waals surface area (Å²) in [5.74, 6) is 1.49. The Morgan fingerprint density at radius 1 is 1.00 bits per heavy atom. The fourth-order valence-electron chi connectivity index (χ4n) is 7.90. The molecule has 6 atom stereocenters. The molecular weight excluding hydrogens is 364 g/mol. The molecule has 29 heavy (non-hydrogen) atoms. The van der Waals surface area contributed by atoms with E-state index in [2.05, 4.69) is 32.9 Å². The van der Waals surface area contributed by atoms with Gasteiger partial charge in [-0.1, -0.05) is 31.6 Å².